The lowest BCUT2D eigenvalue weighted by molar-refractivity contribution is 1.46. The normalized spacial score (nSPS) is 9.16. The summed E-state index contributed by atoms with van der Waals surface area (Å²) in [6, 6.07) is 14.0. The summed E-state index contributed by atoms with van der Waals surface area (Å²) in [6.07, 6.45) is 0. The van der Waals surface area contributed by atoms with Crippen molar-refractivity contribution in [3.63, 3.8) is 0 Å². The Balaban J connectivity index is 2.27. The van der Waals surface area contributed by atoms with Gasteiger partial charge in [0.1, 0.15) is 0 Å². The predicted molar refractivity (Wildman–Crippen MR) is 91.0 cm³/mol. The van der Waals surface area contributed by atoms with Gasteiger partial charge in [-0.25, -0.2) is 0 Å². The third-order valence-electron chi connectivity index (χ3n) is 2.52. The van der Waals surface area contributed by atoms with E-state index < -0.39 is 0 Å². The first kappa shape index (κ1) is 14.0. The fraction of sp³-hybridized carbons (Fsp3) is 0.0625. The number of rotatable bonds is 1. The SMILES string of the molecule is Cc1ccc(C#Cc2ccc(N=C=S)c(I)c2)cc1. The van der Waals surface area contributed by atoms with Gasteiger partial charge < -0.3 is 0 Å². The van der Waals surface area contributed by atoms with Gasteiger partial charge in [-0.15, -0.1) is 0 Å². The highest BCUT2D eigenvalue weighted by Gasteiger charge is 1.97. The third-order valence-corrected chi connectivity index (χ3v) is 3.47. The van der Waals surface area contributed by atoms with E-state index in [1.54, 1.807) is 0 Å². The molecule has 0 atom stereocenters. The van der Waals surface area contributed by atoms with Crippen molar-refractivity contribution in [1.29, 1.82) is 0 Å². The van der Waals surface area contributed by atoms with Crippen molar-refractivity contribution in [2.75, 3.05) is 0 Å². The van der Waals surface area contributed by atoms with Crippen molar-refractivity contribution in [2.24, 2.45) is 4.99 Å². The van der Waals surface area contributed by atoms with Gasteiger partial charge in [0.2, 0.25) is 0 Å². The molecule has 0 aliphatic rings. The van der Waals surface area contributed by atoms with Crippen LogP contribution in [0.15, 0.2) is 47.5 Å². The van der Waals surface area contributed by atoms with Gasteiger partial charge in [-0.2, -0.15) is 4.99 Å². The number of hydrogen-bond donors (Lipinski definition) is 0. The highest BCUT2D eigenvalue weighted by atomic mass is 127. The Bertz CT molecular complexity index is 702. The molecule has 3 heteroatoms. The summed E-state index contributed by atoms with van der Waals surface area (Å²) in [5.41, 5.74) is 4.05. The van der Waals surface area contributed by atoms with Crippen molar-refractivity contribution in [2.45, 2.75) is 6.92 Å². The van der Waals surface area contributed by atoms with Crippen molar-refractivity contribution in [1.82, 2.24) is 0 Å². The molecule has 0 heterocycles. The maximum absolute atomic E-state index is 4.60. The molecule has 0 radical (unpaired) electrons. The molecule has 2 aromatic carbocycles. The smallest absolute Gasteiger partial charge is 0.0873 e. The number of benzene rings is 2. The lowest BCUT2D eigenvalue weighted by Gasteiger charge is -1.97. The number of aryl methyl sites for hydroxylation is 1. The van der Waals surface area contributed by atoms with Gasteiger partial charge in [0, 0.05) is 14.7 Å². The van der Waals surface area contributed by atoms with Gasteiger partial charge in [0.05, 0.1) is 10.8 Å². The van der Waals surface area contributed by atoms with Crippen molar-refractivity contribution in [3.8, 4) is 11.8 Å². The van der Waals surface area contributed by atoms with Gasteiger partial charge in [-0.1, -0.05) is 29.5 Å². The van der Waals surface area contributed by atoms with Crippen LogP contribution in [0, 0.1) is 22.3 Å². The molecule has 0 spiro atoms. The number of halogens is 1. The molecule has 0 aromatic heterocycles. The van der Waals surface area contributed by atoms with E-state index in [9.17, 15) is 0 Å². The Morgan fingerprint density at radius 3 is 2.26 bits per heavy atom. The Morgan fingerprint density at radius 1 is 1.00 bits per heavy atom. The van der Waals surface area contributed by atoms with E-state index in [1.165, 1.54) is 5.56 Å². The minimum absolute atomic E-state index is 0.830. The molecule has 92 valence electrons. The molecule has 19 heavy (non-hydrogen) atoms. The molecular weight excluding hydrogens is 365 g/mol. The van der Waals surface area contributed by atoms with Crippen molar-refractivity contribution >= 4 is 45.7 Å². The Morgan fingerprint density at radius 2 is 1.63 bits per heavy atom. The molecule has 0 saturated carbocycles. The molecule has 0 bridgehead atoms. The highest BCUT2D eigenvalue weighted by molar-refractivity contribution is 14.1. The predicted octanol–water partition coefficient (Wildman–Crippen LogP) is 4.73. The van der Waals surface area contributed by atoms with Gasteiger partial charge in [0.25, 0.3) is 0 Å². The van der Waals surface area contributed by atoms with Gasteiger partial charge >= 0.3 is 0 Å². The summed E-state index contributed by atoms with van der Waals surface area (Å²) >= 11 is 6.82. The zero-order valence-electron chi connectivity index (χ0n) is 10.3. The zero-order chi connectivity index (χ0) is 13.7. The number of hydrogen-bond acceptors (Lipinski definition) is 2. The Labute approximate surface area is 131 Å². The molecule has 0 saturated heterocycles. The fourth-order valence-electron chi connectivity index (χ4n) is 1.51. The average molecular weight is 375 g/mol. The third kappa shape index (κ3) is 4.00. The topological polar surface area (TPSA) is 12.4 Å². The van der Waals surface area contributed by atoms with E-state index in [-0.39, 0.29) is 0 Å². The van der Waals surface area contributed by atoms with Crippen LogP contribution in [-0.2, 0) is 0 Å². The van der Waals surface area contributed by atoms with Crippen LogP contribution >= 0.6 is 34.8 Å². The van der Waals surface area contributed by atoms with Crippen LogP contribution in [0.5, 0.6) is 0 Å². The van der Waals surface area contributed by atoms with Gasteiger partial charge in [-0.05, 0) is 72.1 Å². The van der Waals surface area contributed by atoms with Crippen LogP contribution in [-0.4, -0.2) is 5.16 Å². The highest BCUT2D eigenvalue weighted by Crippen LogP contribution is 2.21. The largest absolute Gasteiger partial charge is 0.194 e. The molecule has 0 aliphatic carbocycles. The fourth-order valence-corrected chi connectivity index (χ4v) is 2.24. The lowest BCUT2D eigenvalue weighted by atomic mass is 10.1. The van der Waals surface area contributed by atoms with Crippen LogP contribution in [0.1, 0.15) is 16.7 Å². The standard InChI is InChI=1S/C16H10INS/c1-12-2-4-13(5-3-12)6-7-14-8-9-16(18-11-19)15(17)10-14/h2-5,8-10H,1H3. The van der Waals surface area contributed by atoms with E-state index in [1.807, 2.05) is 30.3 Å². The minimum atomic E-state index is 0.830. The van der Waals surface area contributed by atoms with E-state index in [0.717, 1.165) is 20.4 Å². The van der Waals surface area contributed by atoms with Crippen molar-refractivity contribution < 1.29 is 0 Å². The summed E-state index contributed by atoms with van der Waals surface area (Å²) in [7, 11) is 0. The zero-order valence-corrected chi connectivity index (χ0v) is 13.2. The molecule has 0 N–H and O–H groups in total. The van der Waals surface area contributed by atoms with Crippen LogP contribution < -0.4 is 0 Å². The first-order valence-corrected chi connectivity index (χ1v) is 7.14. The Kier molecular flexibility index (Phi) is 4.86. The Hall–Kier alpha value is -1.47. The summed E-state index contributed by atoms with van der Waals surface area (Å²) in [5.74, 6) is 6.29. The molecular formula is C16H10INS. The molecule has 0 unspecified atom stereocenters. The van der Waals surface area contributed by atoms with Gasteiger partial charge in [0.15, 0.2) is 0 Å². The second-order valence-electron chi connectivity index (χ2n) is 3.99. The second-order valence-corrected chi connectivity index (χ2v) is 5.33. The maximum Gasteiger partial charge on any atom is 0.0873 e. The summed E-state index contributed by atoms with van der Waals surface area (Å²) in [4.78, 5) is 3.98. The van der Waals surface area contributed by atoms with Crippen LogP contribution in [0.25, 0.3) is 0 Å². The lowest BCUT2D eigenvalue weighted by Crippen LogP contribution is -1.79. The van der Waals surface area contributed by atoms with Crippen LogP contribution in [0.4, 0.5) is 5.69 Å². The van der Waals surface area contributed by atoms with Crippen LogP contribution in [0.2, 0.25) is 0 Å². The molecule has 2 aromatic rings. The first-order chi connectivity index (χ1) is 9.19. The molecule has 2 rings (SSSR count). The number of aliphatic imine (C=N–C) groups is 1. The maximum atomic E-state index is 4.60. The number of thiocarbonyl (C=S) groups is 1. The second kappa shape index (κ2) is 6.63. The molecule has 0 aliphatic heterocycles. The summed E-state index contributed by atoms with van der Waals surface area (Å²) < 4.78 is 1.02. The van der Waals surface area contributed by atoms with E-state index >= 15 is 0 Å². The first-order valence-electron chi connectivity index (χ1n) is 5.65. The summed E-state index contributed by atoms with van der Waals surface area (Å²) in [5, 5.41) is 2.37. The molecule has 0 fully saturated rings. The summed E-state index contributed by atoms with van der Waals surface area (Å²) in [6.45, 7) is 2.06. The van der Waals surface area contributed by atoms with Crippen LogP contribution in [0.3, 0.4) is 0 Å². The van der Waals surface area contributed by atoms with E-state index in [0.29, 0.717) is 0 Å². The quantitative estimate of drug-likeness (QED) is 0.304. The number of nitrogens with zero attached hydrogens (tertiary/aromatic N) is 1. The molecule has 0 amide bonds. The average Bonchev–Trinajstić information content (AvgIpc) is 2.41. The van der Waals surface area contributed by atoms with Gasteiger partial charge in [-0.3, -0.25) is 0 Å². The monoisotopic (exact) mass is 375 g/mol. The molecule has 1 nitrogen and oxygen atoms in total. The minimum Gasteiger partial charge on any atom is -0.194 e. The van der Waals surface area contributed by atoms with E-state index in [2.05, 4.69) is 75.9 Å². The number of isothiocyanates is 1. The van der Waals surface area contributed by atoms with E-state index in [4.69, 9.17) is 0 Å². The van der Waals surface area contributed by atoms with Crippen molar-refractivity contribution in [3.05, 3.63) is 62.7 Å².